The number of fused-ring (bicyclic) bond motifs is 1. The number of anilines is 1. The zero-order valence-electron chi connectivity index (χ0n) is 18.7. The van der Waals surface area contributed by atoms with Gasteiger partial charge < -0.3 is 20.1 Å². The van der Waals surface area contributed by atoms with Crippen LogP contribution in [0.1, 0.15) is 27.3 Å². The van der Waals surface area contributed by atoms with Crippen molar-refractivity contribution >= 4 is 29.2 Å². The first-order valence-electron chi connectivity index (χ1n) is 10.8. The zero-order chi connectivity index (χ0) is 23.8. The van der Waals surface area contributed by atoms with Crippen molar-refractivity contribution < 1.29 is 19.4 Å². The third-order valence-electron chi connectivity index (χ3n) is 6.00. The molecule has 0 aliphatic carbocycles. The standard InChI is InChI=1S/C28H22N2O4/c1-16-25(28(32)33)26(17-8-4-3-5-9-17)23(29-16)15-21-20-13-12-18(14-22(20)30-27(21)31)19-10-6-7-11-24(19)34-2/h3-15,29H,1-2H3,(H,30,31)(H,32,33). The number of aromatic carboxylic acids is 1. The number of carbonyl (C=O) groups is 2. The average Bonchev–Trinajstić information content (AvgIpc) is 3.35. The Kier molecular flexibility index (Phi) is 5.26. The molecule has 0 radical (unpaired) electrons. The molecule has 1 aromatic heterocycles. The summed E-state index contributed by atoms with van der Waals surface area (Å²) < 4.78 is 5.48. The van der Waals surface area contributed by atoms with Crippen LogP contribution in [0.15, 0.2) is 72.8 Å². The number of para-hydroxylation sites is 1. The Morgan fingerprint density at radius 2 is 1.68 bits per heavy atom. The van der Waals surface area contributed by atoms with Gasteiger partial charge in [-0.2, -0.15) is 0 Å². The first-order valence-corrected chi connectivity index (χ1v) is 10.8. The number of carboxylic acid groups (broad SMARTS) is 1. The lowest BCUT2D eigenvalue weighted by Gasteiger charge is -2.09. The molecule has 1 aliphatic rings. The largest absolute Gasteiger partial charge is 0.496 e. The molecule has 3 aromatic carbocycles. The Morgan fingerprint density at radius 1 is 0.941 bits per heavy atom. The summed E-state index contributed by atoms with van der Waals surface area (Å²) in [6.07, 6.45) is 1.73. The third-order valence-corrected chi connectivity index (χ3v) is 6.00. The number of rotatable bonds is 5. The molecule has 6 nitrogen and oxygen atoms in total. The first-order chi connectivity index (χ1) is 16.5. The maximum absolute atomic E-state index is 12.9. The topological polar surface area (TPSA) is 91.4 Å². The van der Waals surface area contributed by atoms with E-state index in [9.17, 15) is 14.7 Å². The van der Waals surface area contributed by atoms with Crippen LogP contribution >= 0.6 is 0 Å². The van der Waals surface area contributed by atoms with Crippen LogP contribution in [0.25, 0.3) is 33.9 Å². The third kappa shape index (κ3) is 3.55. The van der Waals surface area contributed by atoms with Crippen molar-refractivity contribution in [3.05, 3.63) is 95.3 Å². The number of ether oxygens (including phenoxy) is 1. The highest BCUT2D eigenvalue weighted by Crippen LogP contribution is 2.40. The van der Waals surface area contributed by atoms with E-state index in [1.807, 2.05) is 72.8 Å². The molecule has 1 amide bonds. The molecular weight excluding hydrogens is 428 g/mol. The van der Waals surface area contributed by atoms with Crippen molar-refractivity contribution in [1.82, 2.24) is 4.98 Å². The lowest BCUT2D eigenvalue weighted by atomic mass is 9.97. The molecule has 168 valence electrons. The number of carboxylic acids is 1. The van der Waals surface area contributed by atoms with Gasteiger partial charge in [0.2, 0.25) is 0 Å². The van der Waals surface area contributed by atoms with Gasteiger partial charge in [-0.3, -0.25) is 4.79 Å². The maximum Gasteiger partial charge on any atom is 0.338 e. The smallest absolute Gasteiger partial charge is 0.338 e. The summed E-state index contributed by atoms with van der Waals surface area (Å²) in [4.78, 5) is 28.1. The number of hydrogen-bond donors (Lipinski definition) is 3. The van der Waals surface area contributed by atoms with E-state index in [0.29, 0.717) is 28.2 Å². The van der Waals surface area contributed by atoms with E-state index < -0.39 is 5.97 Å². The van der Waals surface area contributed by atoms with Crippen LogP contribution in [0.3, 0.4) is 0 Å². The van der Waals surface area contributed by atoms with E-state index in [2.05, 4.69) is 10.3 Å². The predicted octanol–water partition coefficient (Wildman–Crippen LogP) is 5.86. The van der Waals surface area contributed by atoms with Gasteiger partial charge in [0.05, 0.1) is 18.2 Å². The van der Waals surface area contributed by atoms with Crippen LogP contribution in [0.5, 0.6) is 5.75 Å². The van der Waals surface area contributed by atoms with Gasteiger partial charge in [-0.1, -0.05) is 60.7 Å². The molecule has 1 aliphatic heterocycles. The molecule has 6 heteroatoms. The van der Waals surface area contributed by atoms with Gasteiger partial charge >= 0.3 is 5.97 Å². The second-order valence-electron chi connectivity index (χ2n) is 8.06. The fourth-order valence-corrected chi connectivity index (χ4v) is 4.46. The molecule has 5 rings (SSSR count). The van der Waals surface area contributed by atoms with Crippen LogP contribution in [-0.2, 0) is 4.79 Å². The fourth-order valence-electron chi connectivity index (χ4n) is 4.46. The number of benzene rings is 3. The van der Waals surface area contributed by atoms with Crippen molar-refractivity contribution in [3.63, 3.8) is 0 Å². The van der Waals surface area contributed by atoms with Gasteiger partial charge in [0, 0.05) is 33.8 Å². The number of amides is 1. The number of aromatic amines is 1. The molecule has 3 N–H and O–H groups in total. The molecular formula is C28H22N2O4. The number of carbonyl (C=O) groups excluding carboxylic acids is 1. The summed E-state index contributed by atoms with van der Waals surface area (Å²) in [6, 6.07) is 22.8. The Bertz CT molecular complexity index is 1470. The minimum absolute atomic E-state index is 0.197. The summed E-state index contributed by atoms with van der Waals surface area (Å²) in [5.74, 6) is -0.511. The molecule has 2 heterocycles. The van der Waals surface area contributed by atoms with Crippen molar-refractivity contribution in [2.24, 2.45) is 0 Å². The molecule has 0 spiro atoms. The number of hydrogen-bond acceptors (Lipinski definition) is 3. The van der Waals surface area contributed by atoms with Crippen molar-refractivity contribution in [3.8, 4) is 28.0 Å². The molecule has 0 unspecified atom stereocenters. The van der Waals surface area contributed by atoms with Gasteiger partial charge in [-0.25, -0.2) is 4.79 Å². The number of aryl methyl sites for hydroxylation is 1. The first kappa shape index (κ1) is 21.3. The minimum atomic E-state index is -1.02. The maximum atomic E-state index is 12.9. The Morgan fingerprint density at radius 3 is 2.41 bits per heavy atom. The second kappa shape index (κ2) is 8.41. The Hall–Kier alpha value is -4.58. The quantitative estimate of drug-likeness (QED) is 0.332. The summed E-state index contributed by atoms with van der Waals surface area (Å²) >= 11 is 0. The second-order valence-corrected chi connectivity index (χ2v) is 8.06. The van der Waals surface area contributed by atoms with Crippen LogP contribution in [-0.4, -0.2) is 29.1 Å². The lowest BCUT2D eigenvalue weighted by molar-refractivity contribution is -0.110. The van der Waals surface area contributed by atoms with Gasteiger partial charge in [-0.15, -0.1) is 0 Å². The molecule has 4 aromatic rings. The molecule has 0 atom stereocenters. The summed E-state index contributed by atoms with van der Waals surface area (Å²) in [6.45, 7) is 1.72. The van der Waals surface area contributed by atoms with E-state index in [0.717, 1.165) is 28.0 Å². The van der Waals surface area contributed by atoms with Crippen LogP contribution in [0.2, 0.25) is 0 Å². The predicted molar refractivity (Wildman–Crippen MR) is 133 cm³/mol. The minimum Gasteiger partial charge on any atom is -0.496 e. The normalized spacial score (nSPS) is 13.6. The van der Waals surface area contributed by atoms with Crippen LogP contribution in [0.4, 0.5) is 5.69 Å². The van der Waals surface area contributed by atoms with E-state index in [-0.39, 0.29) is 11.5 Å². The van der Waals surface area contributed by atoms with Crippen LogP contribution in [0, 0.1) is 6.92 Å². The summed E-state index contributed by atoms with van der Waals surface area (Å²) in [7, 11) is 1.63. The Labute approximate surface area is 196 Å². The van der Waals surface area contributed by atoms with Gasteiger partial charge in [0.15, 0.2) is 0 Å². The molecule has 0 saturated carbocycles. The van der Waals surface area contributed by atoms with Gasteiger partial charge in [-0.05, 0) is 36.3 Å². The van der Waals surface area contributed by atoms with Gasteiger partial charge in [0.25, 0.3) is 5.91 Å². The van der Waals surface area contributed by atoms with Crippen molar-refractivity contribution in [2.45, 2.75) is 6.92 Å². The highest BCUT2D eigenvalue weighted by atomic mass is 16.5. The monoisotopic (exact) mass is 450 g/mol. The SMILES string of the molecule is COc1ccccc1-c1ccc2c(c1)NC(=O)C2=Cc1[nH]c(C)c(C(=O)O)c1-c1ccccc1. The lowest BCUT2D eigenvalue weighted by Crippen LogP contribution is -2.04. The summed E-state index contributed by atoms with van der Waals surface area (Å²) in [5.41, 5.74) is 6.40. The number of nitrogens with one attached hydrogen (secondary N) is 2. The molecule has 0 bridgehead atoms. The highest BCUT2D eigenvalue weighted by molar-refractivity contribution is 6.35. The number of H-pyrrole nitrogens is 1. The van der Waals surface area contributed by atoms with E-state index in [1.54, 1.807) is 20.1 Å². The summed E-state index contributed by atoms with van der Waals surface area (Å²) in [5, 5.41) is 12.8. The molecule has 34 heavy (non-hydrogen) atoms. The van der Waals surface area contributed by atoms with E-state index >= 15 is 0 Å². The van der Waals surface area contributed by atoms with Crippen molar-refractivity contribution in [1.29, 1.82) is 0 Å². The van der Waals surface area contributed by atoms with E-state index in [4.69, 9.17) is 4.74 Å². The van der Waals surface area contributed by atoms with Crippen molar-refractivity contribution in [2.75, 3.05) is 12.4 Å². The highest BCUT2D eigenvalue weighted by Gasteiger charge is 2.27. The average molecular weight is 450 g/mol. The zero-order valence-corrected chi connectivity index (χ0v) is 18.7. The fraction of sp³-hybridized carbons (Fsp3) is 0.0714. The number of methoxy groups -OCH3 is 1. The molecule has 0 saturated heterocycles. The van der Waals surface area contributed by atoms with Crippen LogP contribution < -0.4 is 10.1 Å². The number of aromatic nitrogens is 1. The van der Waals surface area contributed by atoms with E-state index in [1.165, 1.54) is 0 Å². The van der Waals surface area contributed by atoms with Gasteiger partial charge in [0.1, 0.15) is 5.75 Å². The molecule has 0 fully saturated rings. The Balaban J connectivity index is 1.63.